The largest absolute Gasteiger partial charge is 0.321 e. The monoisotopic (exact) mass is 410 g/mol. The molecule has 0 aliphatic rings. The Balaban J connectivity index is 1.49. The van der Waals surface area contributed by atoms with E-state index < -0.39 is 10.0 Å². The second-order valence-electron chi connectivity index (χ2n) is 5.81. The van der Waals surface area contributed by atoms with E-state index in [1.54, 1.807) is 11.4 Å². The number of fused-ring (bicyclic) bond motifs is 1. The van der Waals surface area contributed by atoms with E-state index in [9.17, 15) is 13.2 Å². The van der Waals surface area contributed by atoms with Crippen LogP contribution in [0.2, 0.25) is 0 Å². The second kappa shape index (κ2) is 7.37. The first kappa shape index (κ1) is 18.1. The summed E-state index contributed by atoms with van der Waals surface area (Å²) in [4.78, 5) is 20.8. The molecular weight excluding hydrogens is 396 g/mol. The van der Waals surface area contributed by atoms with Crippen LogP contribution in [0.4, 0.5) is 10.8 Å². The Morgan fingerprint density at radius 3 is 2.50 bits per heavy atom. The molecule has 0 unspecified atom stereocenters. The van der Waals surface area contributed by atoms with Crippen molar-refractivity contribution in [3.63, 3.8) is 0 Å². The number of nitrogens with one attached hydrogen (secondary N) is 2. The van der Waals surface area contributed by atoms with Crippen molar-refractivity contribution in [3.8, 4) is 0 Å². The number of hydrogen-bond acceptors (Lipinski definition) is 6. The first-order valence-electron chi connectivity index (χ1n) is 8.21. The van der Waals surface area contributed by atoms with Crippen molar-refractivity contribution in [2.45, 2.75) is 4.90 Å². The third kappa shape index (κ3) is 3.85. The number of para-hydroxylation sites is 1. The van der Waals surface area contributed by atoms with Gasteiger partial charge in [0, 0.05) is 22.7 Å². The van der Waals surface area contributed by atoms with E-state index in [1.807, 2.05) is 30.3 Å². The van der Waals surface area contributed by atoms with E-state index in [0.717, 1.165) is 10.9 Å². The number of rotatable bonds is 5. The van der Waals surface area contributed by atoms with Gasteiger partial charge in [-0.15, -0.1) is 11.3 Å². The van der Waals surface area contributed by atoms with Crippen LogP contribution in [0.3, 0.4) is 0 Å². The number of aromatic nitrogens is 2. The van der Waals surface area contributed by atoms with Gasteiger partial charge in [-0.2, -0.15) is 0 Å². The fourth-order valence-electron chi connectivity index (χ4n) is 2.55. The third-order valence-corrected chi connectivity index (χ3v) is 6.08. The molecule has 0 fully saturated rings. The number of hydrogen-bond donors (Lipinski definition) is 2. The van der Waals surface area contributed by atoms with Gasteiger partial charge in [-0.3, -0.25) is 9.52 Å². The van der Waals surface area contributed by atoms with Gasteiger partial charge in [-0.25, -0.2) is 18.4 Å². The molecule has 0 aliphatic carbocycles. The predicted octanol–water partition coefficient (Wildman–Crippen LogP) is 3.74. The van der Waals surface area contributed by atoms with Crippen LogP contribution in [0.5, 0.6) is 0 Å². The van der Waals surface area contributed by atoms with Gasteiger partial charge >= 0.3 is 0 Å². The predicted molar refractivity (Wildman–Crippen MR) is 109 cm³/mol. The second-order valence-corrected chi connectivity index (χ2v) is 8.39. The Kier molecular flexibility index (Phi) is 4.76. The molecule has 1 amide bonds. The van der Waals surface area contributed by atoms with Gasteiger partial charge in [0.05, 0.1) is 10.4 Å². The summed E-state index contributed by atoms with van der Waals surface area (Å²) in [5.41, 5.74) is 1.47. The number of nitrogens with zero attached hydrogens (tertiary/aromatic N) is 2. The zero-order chi connectivity index (χ0) is 19.6. The lowest BCUT2D eigenvalue weighted by atomic mass is 10.2. The number of pyridine rings is 1. The van der Waals surface area contributed by atoms with Crippen molar-refractivity contribution < 1.29 is 13.2 Å². The minimum absolute atomic E-state index is 0.0736. The maximum atomic E-state index is 12.4. The number of amides is 1. The molecule has 2 heterocycles. The molecule has 4 aromatic rings. The smallest absolute Gasteiger partial charge is 0.274 e. The Bertz CT molecular complexity index is 1240. The van der Waals surface area contributed by atoms with E-state index in [2.05, 4.69) is 20.0 Å². The van der Waals surface area contributed by atoms with Crippen molar-refractivity contribution >= 4 is 49.0 Å². The molecule has 0 radical (unpaired) electrons. The summed E-state index contributed by atoms with van der Waals surface area (Å²) in [6, 6.07) is 16.9. The summed E-state index contributed by atoms with van der Waals surface area (Å²) in [6.07, 6.45) is 1.52. The lowest BCUT2D eigenvalue weighted by Gasteiger charge is -2.08. The van der Waals surface area contributed by atoms with E-state index in [0.29, 0.717) is 10.8 Å². The highest BCUT2D eigenvalue weighted by Gasteiger charge is 2.16. The highest BCUT2D eigenvalue weighted by atomic mass is 32.2. The minimum Gasteiger partial charge on any atom is -0.321 e. The molecule has 9 heteroatoms. The number of thiazole rings is 1. The van der Waals surface area contributed by atoms with Gasteiger partial charge in [0.1, 0.15) is 5.69 Å². The SMILES string of the molecule is O=C(Nc1ccc(S(=O)(=O)Nc2nccs2)cc1)c1ccc2ccccc2n1. The van der Waals surface area contributed by atoms with Crippen molar-refractivity contribution in [2.75, 3.05) is 10.0 Å². The van der Waals surface area contributed by atoms with Crippen LogP contribution in [0.15, 0.2) is 77.1 Å². The summed E-state index contributed by atoms with van der Waals surface area (Å²) in [6.45, 7) is 0. The highest BCUT2D eigenvalue weighted by molar-refractivity contribution is 7.93. The molecule has 140 valence electrons. The molecule has 0 atom stereocenters. The van der Waals surface area contributed by atoms with Crippen LogP contribution < -0.4 is 10.0 Å². The summed E-state index contributed by atoms with van der Waals surface area (Å²) in [5, 5.41) is 5.64. The van der Waals surface area contributed by atoms with E-state index in [4.69, 9.17) is 0 Å². The molecule has 2 N–H and O–H groups in total. The Labute approximate surface area is 165 Å². The number of benzene rings is 2. The van der Waals surface area contributed by atoms with Gasteiger partial charge in [0.25, 0.3) is 15.9 Å². The van der Waals surface area contributed by atoms with Crippen LogP contribution in [0.25, 0.3) is 10.9 Å². The van der Waals surface area contributed by atoms with E-state index in [-0.39, 0.29) is 16.5 Å². The number of carbonyl (C=O) groups excluding carboxylic acids is 1. The third-order valence-electron chi connectivity index (χ3n) is 3.91. The van der Waals surface area contributed by atoms with Gasteiger partial charge in [0.15, 0.2) is 5.13 Å². The maximum Gasteiger partial charge on any atom is 0.274 e. The van der Waals surface area contributed by atoms with Crippen molar-refractivity contribution in [1.82, 2.24) is 9.97 Å². The maximum absolute atomic E-state index is 12.4. The average molecular weight is 410 g/mol. The molecule has 4 rings (SSSR count). The lowest BCUT2D eigenvalue weighted by Crippen LogP contribution is -2.15. The number of sulfonamides is 1. The lowest BCUT2D eigenvalue weighted by molar-refractivity contribution is 0.102. The molecule has 0 aliphatic heterocycles. The molecule has 0 spiro atoms. The topological polar surface area (TPSA) is 101 Å². The van der Waals surface area contributed by atoms with Crippen molar-refractivity contribution in [2.24, 2.45) is 0 Å². The number of carbonyl (C=O) groups is 1. The summed E-state index contributed by atoms with van der Waals surface area (Å²) >= 11 is 1.19. The fraction of sp³-hybridized carbons (Fsp3) is 0. The average Bonchev–Trinajstić information content (AvgIpc) is 3.20. The Hall–Kier alpha value is -3.30. The Morgan fingerprint density at radius 1 is 0.964 bits per heavy atom. The zero-order valence-electron chi connectivity index (χ0n) is 14.4. The van der Waals surface area contributed by atoms with Crippen LogP contribution in [0.1, 0.15) is 10.5 Å². The van der Waals surface area contributed by atoms with Gasteiger partial charge in [-0.05, 0) is 36.4 Å². The quantitative estimate of drug-likeness (QED) is 0.522. The van der Waals surface area contributed by atoms with Gasteiger partial charge < -0.3 is 5.32 Å². The minimum atomic E-state index is -3.73. The molecule has 2 aromatic carbocycles. The molecule has 0 saturated carbocycles. The van der Waals surface area contributed by atoms with Crippen molar-refractivity contribution in [3.05, 3.63) is 77.9 Å². The van der Waals surface area contributed by atoms with E-state index >= 15 is 0 Å². The van der Waals surface area contributed by atoms with Crippen molar-refractivity contribution in [1.29, 1.82) is 0 Å². The molecule has 7 nitrogen and oxygen atoms in total. The zero-order valence-corrected chi connectivity index (χ0v) is 16.0. The molecular formula is C19H14N4O3S2. The summed E-state index contributed by atoms with van der Waals surface area (Å²) in [5.74, 6) is -0.373. The summed E-state index contributed by atoms with van der Waals surface area (Å²) in [7, 11) is -3.73. The molecule has 2 aromatic heterocycles. The van der Waals surface area contributed by atoms with Gasteiger partial charge in [-0.1, -0.05) is 24.3 Å². The first-order valence-corrected chi connectivity index (χ1v) is 10.6. The number of anilines is 2. The van der Waals surface area contributed by atoms with Crippen LogP contribution in [-0.4, -0.2) is 24.3 Å². The molecule has 0 bridgehead atoms. The fourth-order valence-corrected chi connectivity index (χ4v) is 4.34. The normalized spacial score (nSPS) is 11.3. The van der Waals surface area contributed by atoms with Crippen LogP contribution >= 0.6 is 11.3 Å². The van der Waals surface area contributed by atoms with Crippen LogP contribution in [-0.2, 0) is 10.0 Å². The first-order chi connectivity index (χ1) is 13.5. The molecule has 0 saturated heterocycles. The summed E-state index contributed by atoms with van der Waals surface area (Å²) < 4.78 is 27.1. The van der Waals surface area contributed by atoms with Gasteiger partial charge in [0.2, 0.25) is 0 Å². The Morgan fingerprint density at radius 2 is 1.75 bits per heavy atom. The van der Waals surface area contributed by atoms with E-state index in [1.165, 1.54) is 41.8 Å². The highest BCUT2D eigenvalue weighted by Crippen LogP contribution is 2.20. The van der Waals surface area contributed by atoms with Crippen LogP contribution in [0, 0.1) is 0 Å². The standard InChI is InChI=1S/C19H14N4O3S2/c24-18(17-10-5-13-3-1-2-4-16(13)22-17)21-14-6-8-15(9-7-14)28(25,26)23-19-20-11-12-27-19/h1-12H,(H,20,23)(H,21,24). The molecule has 28 heavy (non-hydrogen) atoms.